The molecule has 0 aromatic carbocycles. The van der Waals surface area contributed by atoms with Gasteiger partial charge in [0.05, 0.1) is 11.1 Å². The fourth-order valence-corrected chi connectivity index (χ4v) is 3.24. The van der Waals surface area contributed by atoms with Gasteiger partial charge in [0.1, 0.15) is 0 Å². The minimum atomic E-state index is -0.256. The summed E-state index contributed by atoms with van der Waals surface area (Å²) in [4.78, 5) is 17.0. The van der Waals surface area contributed by atoms with E-state index in [-0.39, 0.29) is 16.7 Å². The zero-order valence-corrected chi connectivity index (χ0v) is 13.0. The smallest absolute Gasteiger partial charge is 0.233 e. The van der Waals surface area contributed by atoms with Crippen LogP contribution in [0.4, 0.5) is 5.13 Å². The molecule has 1 unspecified atom stereocenters. The van der Waals surface area contributed by atoms with Gasteiger partial charge in [0.2, 0.25) is 5.91 Å². The monoisotopic (exact) mass is 281 g/mol. The number of hydrogen-bond acceptors (Lipinski definition) is 4. The molecule has 2 heterocycles. The van der Waals surface area contributed by atoms with E-state index in [1.807, 2.05) is 5.38 Å². The van der Waals surface area contributed by atoms with E-state index in [0.29, 0.717) is 0 Å². The summed E-state index contributed by atoms with van der Waals surface area (Å²) in [6.07, 6.45) is 1.77. The van der Waals surface area contributed by atoms with Gasteiger partial charge in [-0.1, -0.05) is 27.7 Å². The summed E-state index contributed by atoms with van der Waals surface area (Å²) in [7, 11) is 0. The van der Waals surface area contributed by atoms with Crippen molar-refractivity contribution in [1.82, 2.24) is 10.3 Å². The van der Waals surface area contributed by atoms with Crippen molar-refractivity contribution in [3.8, 4) is 0 Å². The van der Waals surface area contributed by atoms with Crippen LogP contribution in [0.5, 0.6) is 0 Å². The Labute approximate surface area is 119 Å². The number of aromatic nitrogens is 1. The van der Waals surface area contributed by atoms with Crippen molar-refractivity contribution in [2.45, 2.75) is 46.0 Å². The summed E-state index contributed by atoms with van der Waals surface area (Å²) in [5.41, 5.74) is 0.799. The molecular formula is C14H23N3OS. The number of amides is 1. The summed E-state index contributed by atoms with van der Waals surface area (Å²) < 4.78 is 0. The molecule has 0 radical (unpaired) electrons. The molecule has 1 aliphatic heterocycles. The molecular weight excluding hydrogens is 258 g/mol. The third kappa shape index (κ3) is 2.98. The van der Waals surface area contributed by atoms with Crippen molar-refractivity contribution in [1.29, 1.82) is 0 Å². The first-order chi connectivity index (χ1) is 8.87. The number of nitrogens with one attached hydrogen (secondary N) is 2. The fraction of sp³-hybridized carbons (Fsp3) is 0.714. The number of thiazole rings is 1. The molecule has 1 aliphatic rings. The molecule has 4 nitrogen and oxygen atoms in total. The Balaban J connectivity index is 2.09. The topological polar surface area (TPSA) is 54.0 Å². The van der Waals surface area contributed by atoms with Crippen LogP contribution >= 0.6 is 11.3 Å². The molecule has 1 aromatic heterocycles. The van der Waals surface area contributed by atoms with Gasteiger partial charge in [-0.05, 0) is 19.4 Å². The van der Waals surface area contributed by atoms with Crippen LogP contribution < -0.4 is 10.6 Å². The first-order valence-corrected chi connectivity index (χ1v) is 7.73. The van der Waals surface area contributed by atoms with Crippen molar-refractivity contribution in [3.63, 3.8) is 0 Å². The molecule has 1 atom stereocenters. The summed E-state index contributed by atoms with van der Waals surface area (Å²) in [6, 6.07) is 0. The maximum atomic E-state index is 12.4. The van der Waals surface area contributed by atoms with Crippen molar-refractivity contribution in [3.05, 3.63) is 11.1 Å². The Morgan fingerprint density at radius 3 is 2.79 bits per heavy atom. The minimum absolute atomic E-state index is 0.0246. The minimum Gasteiger partial charge on any atom is -0.316 e. The lowest BCUT2D eigenvalue weighted by Gasteiger charge is -2.24. The molecule has 1 aromatic rings. The van der Waals surface area contributed by atoms with Gasteiger partial charge in [-0.25, -0.2) is 4.98 Å². The molecule has 0 spiro atoms. The highest BCUT2D eigenvalue weighted by atomic mass is 32.1. The van der Waals surface area contributed by atoms with E-state index < -0.39 is 0 Å². The number of carbonyl (C=O) groups excluding carboxylic acids is 1. The lowest BCUT2D eigenvalue weighted by atomic mass is 9.83. The van der Waals surface area contributed by atoms with Crippen molar-refractivity contribution in [2.24, 2.45) is 5.41 Å². The number of nitrogens with zero attached hydrogens (tertiary/aromatic N) is 1. The molecule has 1 amide bonds. The van der Waals surface area contributed by atoms with Crippen molar-refractivity contribution >= 4 is 22.4 Å². The van der Waals surface area contributed by atoms with Gasteiger partial charge < -0.3 is 10.6 Å². The third-order valence-corrected chi connectivity index (χ3v) is 4.65. The molecule has 1 saturated heterocycles. The number of hydrogen-bond donors (Lipinski definition) is 2. The third-order valence-electron chi connectivity index (χ3n) is 3.90. The number of anilines is 1. The molecule has 2 N–H and O–H groups in total. The van der Waals surface area contributed by atoms with Crippen LogP contribution in [0.2, 0.25) is 0 Å². The summed E-state index contributed by atoms with van der Waals surface area (Å²) in [5, 5.41) is 9.03. The van der Waals surface area contributed by atoms with Gasteiger partial charge in [0, 0.05) is 17.3 Å². The van der Waals surface area contributed by atoms with Gasteiger partial charge >= 0.3 is 0 Å². The van der Waals surface area contributed by atoms with Crippen LogP contribution in [0.3, 0.4) is 0 Å². The first-order valence-electron chi connectivity index (χ1n) is 6.85. The Morgan fingerprint density at radius 2 is 2.32 bits per heavy atom. The van der Waals surface area contributed by atoms with Crippen LogP contribution in [0, 0.1) is 5.41 Å². The number of carbonyl (C=O) groups is 1. The highest BCUT2D eigenvalue weighted by Gasteiger charge is 2.39. The van der Waals surface area contributed by atoms with Crippen LogP contribution in [-0.2, 0) is 10.2 Å². The first kappa shape index (κ1) is 14.5. The highest BCUT2D eigenvalue weighted by Crippen LogP contribution is 2.32. The average molecular weight is 281 g/mol. The van der Waals surface area contributed by atoms with E-state index in [0.717, 1.165) is 36.8 Å². The maximum absolute atomic E-state index is 12.4. The van der Waals surface area contributed by atoms with Gasteiger partial charge in [-0.2, -0.15) is 0 Å². The van der Waals surface area contributed by atoms with E-state index >= 15 is 0 Å². The zero-order chi connectivity index (χ0) is 14.1. The van der Waals surface area contributed by atoms with Crippen LogP contribution in [-0.4, -0.2) is 24.0 Å². The molecule has 0 bridgehead atoms. The molecule has 0 saturated carbocycles. The molecule has 2 rings (SSSR count). The predicted molar refractivity (Wildman–Crippen MR) is 79.7 cm³/mol. The van der Waals surface area contributed by atoms with Gasteiger partial charge in [-0.3, -0.25) is 4.79 Å². The normalized spacial score (nSPS) is 23.6. The molecule has 0 aliphatic carbocycles. The van der Waals surface area contributed by atoms with E-state index in [1.165, 1.54) is 11.3 Å². The Kier molecular flexibility index (Phi) is 3.97. The van der Waals surface area contributed by atoms with Crippen molar-refractivity contribution < 1.29 is 4.79 Å². The van der Waals surface area contributed by atoms with Crippen LogP contribution in [0.15, 0.2) is 5.38 Å². The molecule has 5 heteroatoms. The quantitative estimate of drug-likeness (QED) is 0.895. The molecule has 106 valence electrons. The Morgan fingerprint density at radius 1 is 1.58 bits per heavy atom. The van der Waals surface area contributed by atoms with E-state index in [2.05, 4.69) is 43.3 Å². The van der Waals surface area contributed by atoms with Crippen LogP contribution in [0.25, 0.3) is 0 Å². The fourth-order valence-electron chi connectivity index (χ4n) is 2.31. The van der Waals surface area contributed by atoms with Gasteiger partial charge in [-0.15, -0.1) is 11.3 Å². The standard InChI is InChI=1S/C14H23N3OS/c1-5-14(6-7-15-9-14)11(18)17-12-16-10(8-19-12)13(2,3)4/h8,15H,5-7,9H2,1-4H3,(H,16,17,18). The lowest BCUT2D eigenvalue weighted by molar-refractivity contribution is -0.124. The second-order valence-corrected chi connectivity index (χ2v) is 7.16. The SMILES string of the molecule is CCC1(C(=O)Nc2nc(C(C)(C)C)cs2)CCNC1. The highest BCUT2D eigenvalue weighted by molar-refractivity contribution is 7.14. The average Bonchev–Trinajstić information content (AvgIpc) is 2.96. The lowest BCUT2D eigenvalue weighted by Crippen LogP contribution is -2.37. The largest absolute Gasteiger partial charge is 0.316 e. The van der Waals surface area contributed by atoms with Crippen LogP contribution in [0.1, 0.15) is 46.2 Å². The second kappa shape index (κ2) is 5.21. The second-order valence-electron chi connectivity index (χ2n) is 6.30. The van der Waals surface area contributed by atoms with E-state index in [9.17, 15) is 4.79 Å². The predicted octanol–water partition coefficient (Wildman–Crippen LogP) is 2.77. The van der Waals surface area contributed by atoms with E-state index in [1.54, 1.807) is 0 Å². The Hall–Kier alpha value is -0.940. The van der Waals surface area contributed by atoms with Gasteiger partial charge in [0.25, 0.3) is 0 Å². The van der Waals surface area contributed by atoms with Crippen molar-refractivity contribution in [2.75, 3.05) is 18.4 Å². The Bertz CT molecular complexity index is 456. The summed E-state index contributed by atoms with van der Waals surface area (Å²) >= 11 is 1.51. The number of rotatable bonds is 3. The van der Waals surface area contributed by atoms with Gasteiger partial charge in [0.15, 0.2) is 5.13 Å². The zero-order valence-electron chi connectivity index (χ0n) is 12.2. The summed E-state index contributed by atoms with van der Waals surface area (Å²) in [5.74, 6) is 0.106. The molecule has 19 heavy (non-hydrogen) atoms. The summed E-state index contributed by atoms with van der Waals surface area (Å²) in [6.45, 7) is 10.2. The van der Waals surface area contributed by atoms with E-state index in [4.69, 9.17) is 0 Å². The molecule has 1 fully saturated rings. The maximum Gasteiger partial charge on any atom is 0.233 e.